The van der Waals surface area contributed by atoms with Crippen molar-refractivity contribution in [1.29, 1.82) is 0 Å². The minimum Gasteiger partial charge on any atom is -0.336 e. The van der Waals surface area contributed by atoms with Gasteiger partial charge in [0.1, 0.15) is 10.8 Å². The predicted molar refractivity (Wildman–Crippen MR) is 111 cm³/mol. The SMILES string of the molecule is CN(C)C(CNC(=O)NCc1nc(-c2ccccc2)cs1)c1cccc(F)c1. The molecule has 0 saturated carbocycles. The second-order valence-electron chi connectivity index (χ2n) is 6.59. The number of rotatable bonds is 7. The lowest BCUT2D eigenvalue weighted by molar-refractivity contribution is 0.232. The van der Waals surface area contributed by atoms with Crippen molar-refractivity contribution in [2.45, 2.75) is 12.6 Å². The second kappa shape index (κ2) is 9.43. The molecule has 3 rings (SSSR count). The highest BCUT2D eigenvalue weighted by Gasteiger charge is 2.16. The topological polar surface area (TPSA) is 57.3 Å². The van der Waals surface area contributed by atoms with E-state index in [0.717, 1.165) is 21.8 Å². The van der Waals surface area contributed by atoms with Gasteiger partial charge in [-0.25, -0.2) is 14.2 Å². The van der Waals surface area contributed by atoms with E-state index >= 15 is 0 Å². The van der Waals surface area contributed by atoms with Crippen LogP contribution in [-0.2, 0) is 6.54 Å². The molecule has 28 heavy (non-hydrogen) atoms. The lowest BCUT2D eigenvalue weighted by atomic mass is 10.1. The van der Waals surface area contributed by atoms with Crippen molar-refractivity contribution >= 4 is 17.4 Å². The number of halogens is 1. The van der Waals surface area contributed by atoms with Crippen LogP contribution in [0.4, 0.5) is 9.18 Å². The molecule has 3 aromatic rings. The normalized spacial score (nSPS) is 12.0. The van der Waals surface area contributed by atoms with Crippen molar-refractivity contribution in [3.05, 3.63) is 76.4 Å². The van der Waals surface area contributed by atoms with E-state index in [-0.39, 0.29) is 17.9 Å². The summed E-state index contributed by atoms with van der Waals surface area (Å²) >= 11 is 1.51. The average Bonchev–Trinajstić information content (AvgIpc) is 3.16. The summed E-state index contributed by atoms with van der Waals surface area (Å²) < 4.78 is 13.5. The maximum Gasteiger partial charge on any atom is 0.315 e. The summed E-state index contributed by atoms with van der Waals surface area (Å²) in [5.74, 6) is -0.285. The monoisotopic (exact) mass is 398 g/mol. The van der Waals surface area contributed by atoms with Crippen LogP contribution in [0.3, 0.4) is 0 Å². The summed E-state index contributed by atoms with van der Waals surface area (Å²) in [5, 5.41) is 8.50. The molecule has 146 valence electrons. The molecule has 1 aromatic heterocycles. The molecule has 1 heterocycles. The molecule has 1 atom stereocenters. The van der Waals surface area contributed by atoms with Crippen molar-refractivity contribution in [2.24, 2.45) is 0 Å². The summed E-state index contributed by atoms with van der Waals surface area (Å²) in [6.45, 7) is 0.728. The van der Waals surface area contributed by atoms with Crippen LogP contribution < -0.4 is 10.6 Å². The Morgan fingerprint density at radius 1 is 1.14 bits per heavy atom. The van der Waals surface area contributed by atoms with E-state index in [0.29, 0.717) is 13.1 Å². The molecule has 0 saturated heterocycles. The zero-order chi connectivity index (χ0) is 19.9. The van der Waals surface area contributed by atoms with Crippen LogP contribution in [-0.4, -0.2) is 36.6 Å². The van der Waals surface area contributed by atoms with Crippen molar-refractivity contribution in [2.75, 3.05) is 20.6 Å². The molecule has 2 amide bonds. The Balaban J connectivity index is 1.52. The first-order valence-electron chi connectivity index (χ1n) is 8.96. The largest absolute Gasteiger partial charge is 0.336 e. The van der Waals surface area contributed by atoms with Crippen molar-refractivity contribution in [1.82, 2.24) is 20.5 Å². The van der Waals surface area contributed by atoms with E-state index in [1.165, 1.54) is 23.5 Å². The van der Waals surface area contributed by atoms with Gasteiger partial charge in [-0.2, -0.15) is 0 Å². The fraction of sp³-hybridized carbons (Fsp3) is 0.238. The molecule has 5 nitrogen and oxygen atoms in total. The molecular weight excluding hydrogens is 375 g/mol. The highest BCUT2D eigenvalue weighted by Crippen LogP contribution is 2.21. The van der Waals surface area contributed by atoms with Gasteiger partial charge in [-0.15, -0.1) is 11.3 Å². The van der Waals surface area contributed by atoms with E-state index in [9.17, 15) is 9.18 Å². The molecule has 0 aliphatic rings. The van der Waals surface area contributed by atoms with Gasteiger partial charge in [0.2, 0.25) is 0 Å². The Morgan fingerprint density at radius 3 is 2.64 bits per heavy atom. The average molecular weight is 399 g/mol. The third-order valence-electron chi connectivity index (χ3n) is 4.33. The smallest absolute Gasteiger partial charge is 0.315 e. The molecule has 0 bridgehead atoms. The van der Waals surface area contributed by atoms with Gasteiger partial charge >= 0.3 is 6.03 Å². The number of aromatic nitrogens is 1. The third kappa shape index (κ3) is 5.37. The van der Waals surface area contributed by atoms with Gasteiger partial charge in [-0.05, 0) is 31.8 Å². The van der Waals surface area contributed by atoms with Gasteiger partial charge < -0.3 is 15.5 Å². The molecule has 0 aliphatic carbocycles. The number of likely N-dealkylation sites (N-methyl/N-ethyl adjacent to an activating group) is 1. The number of thiazole rings is 1. The Hall–Kier alpha value is -2.77. The fourth-order valence-corrected chi connectivity index (χ4v) is 3.60. The molecular formula is C21H23FN4OS. The molecule has 2 N–H and O–H groups in total. The van der Waals surface area contributed by atoms with Gasteiger partial charge in [0.25, 0.3) is 0 Å². The molecule has 0 aliphatic heterocycles. The lowest BCUT2D eigenvalue weighted by Crippen LogP contribution is -2.40. The van der Waals surface area contributed by atoms with Crippen LogP contribution >= 0.6 is 11.3 Å². The summed E-state index contributed by atoms with van der Waals surface area (Å²) in [5.41, 5.74) is 2.78. The highest BCUT2D eigenvalue weighted by atomic mass is 32.1. The van der Waals surface area contributed by atoms with E-state index in [2.05, 4.69) is 15.6 Å². The van der Waals surface area contributed by atoms with Gasteiger partial charge in [0, 0.05) is 17.5 Å². The van der Waals surface area contributed by atoms with E-state index < -0.39 is 0 Å². The zero-order valence-corrected chi connectivity index (χ0v) is 16.7. The summed E-state index contributed by atoms with van der Waals surface area (Å²) in [7, 11) is 3.80. The predicted octanol–water partition coefficient (Wildman–Crippen LogP) is 4.05. The van der Waals surface area contributed by atoms with Crippen LogP contribution in [0.15, 0.2) is 60.0 Å². The maximum atomic E-state index is 13.5. The number of carbonyl (C=O) groups is 1. The Morgan fingerprint density at radius 2 is 1.93 bits per heavy atom. The fourth-order valence-electron chi connectivity index (χ4n) is 2.85. The summed E-state index contributed by atoms with van der Waals surface area (Å²) in [6.07, 6.45) is 0. The molecule has 1 unspecified atom stereocenters. The number of carbonyl (C=O) groups excluding carboxylic acids is 1. The lowest BCUT2D eigenvalue weighted by Gasteiger charge is -2.25. The van der Waals surface area contributed by atoms with Gasteiger partial charge in [-0.1, -0.05) is 42.5 Å². The number of benzene rings is 2. The summed E-state index contributed by atoms with van der Waals surface area (Å²) in [6, 6.07) is 16.0. The van der Waals surface area contributed by atoms with E-state index in [1.54, 1.807) is 6.07 Å². The Labute approximate surface area is 168 Å². The number of amides is 2. The van der Waals surface area contributed by atoms with Crippen molar-refractivity contribution < 1.29 is 9.18 Å². The highest BCUT2D eigenvalue weighted by molar-refractivity contribution is 7.09. The number of hydrogen-bond acceptors (Lipinski definition) is 4. The first-order chi connectivity index (χ1) is 13.5. The van der Waals surface area contributed by atoms with E-state index in [1.807, 2.05) is 60.8 Å². The number of nitrogens with one attached hydrogen (secondary N) is 2. The molecule has 7 heteroatoms. The summed E-state index contributed by atoms with van der Waals surface area (Å²) in [4.78, 5) is 18.7. The van der Waals surface area contributed by atoms with Crippen molar-refractivity contribution in [3.8, 4) is 11.3 Å². The minimum absolute atomic E-state index is 0.119. The van der Waals surface area contributed by atoms with Crippen molar-refractivity contribution in [3.63, 3.8) is 0 Å². The van der Waals surface area contributed by atoms with Gasteiger partial charge in [0.15, 0.2) is 0 Å². The maximum absolute atomic E-state index is 13.5. The second-order valence-corrected chi connectivity index (χ2v) is 7.53. The molecule has 0 fully saturated rings. The zero-order valence-electron chi connectivity index (χ0n) is 15.9. The van der Waals surface area contributed by atoms with Crippen LogP contribution in [0.5, 0.6) is 0 Å². The third-order valence-corrected chi connectivity index (χ3v) is 5.18. The Kier molecular flexibility index (Phi) is 6.73. The molecule has 0 spiro atoms. The minimum atomic E-state index is -0.285. The Bertz CT molecular complexity index is 914. The van der Waals surface area contributed by atoms with Crippen LogP contribution in [0.1, 0.15) is 16.6 Å². The quantitative estimate of drug-likeness (QED) is 0.631. The first-order valence-corrected chi connectivity index (χ1v) is 9.84. The number of urea groups is 1. The van der Waals surface area contributed by atoms with E-state index in [4.69, 9.17) is 0 Å². The number of hydrogen-bond donors (Lipinski definition) is 2. The van der Waals surface area contributed by atoms with Gasteiger partial charge in [-0.3, -0.25) is 0 Å². The first kappa shape index (κ1) is 20.0. The van der Waals surface area contributed by atoms with Crippen LogP contribution in [0.2, 0.25) is 0 Å². The van der Waals surface area contributed by atoms with Gasteiger partial charge in [0.05, 0.1) is 18.3 Å². The molecule has 0 radical (unpaired) electrons. The standard InChI is InChI=1S/C21H23FN4OS/c1-26(2)19(16-9-6-10-17(22)11-16)12-23-21(27)24-13-20-25-18(14-28-20)15-7-4-3-5-8-15/h3-11,14,19H,12-13H2,1-2H3,(H2,23,24,27). The number of nitrogens with zero attached hydrogens (tertiary/aromatic N) is 2. The molecule has 2 aromatic carbocycles. The van der Waals surface area contributed by atoms with Crippen LogP contribution in [0, 0.1) is 5.82 Å². The van der Waals surface area contributed by atoms with Crippen LogP contribution in [0.25, 0.3) is 11.3 Å².